The number of benzene rings is 1. The molecular formula is C11H7NO4S. The van der Waals surface area contributed by atoms with Gasteiger partial charge in [0.25, 0.3) is 0 Å². The fourth-order valence-electron chi connectivity index (χ4n) is 1.67. The summed E-state index contributed by atoms with van der Waals surface area (Å²) in [6.45, 7) is 0.251. The monoisotopic (exact) mass is 249 g/mol. The molecule has 1 aromatic carbocycles. The lowest BCUT2D eigenvalue weighted by Gasteiger charge is -1.94. The second-order valence-corrected chi connectivity index (χ2v) is 4.61. The second-order valence-electron chi connectivity index (χ2n) is 3.49. The standard InChI is InChI=1S/C11H7NO4S/c13-12(14)2-1-8-3-7-4-9-10(16-6-15-9)5-11(7)17-8/h1-5H,6H2/b2-1+. The highest BCUT2D eigenvalue weighted by Gasteiger charge is 2.15. The third-order valence-electron chi connectivity index (χ3n) is 2.39. The molecule has 2 heterocycles. The Morgan fingerprint density at radius 3 is 2.82 bits per heavy atom. The maximum atomic E-state index is 10.2. The van der Waals surface area contributed by atoms with Crippen LogP contribution in [0.25, 0.3) is 16.2 Å². The van der Waals surface area contributed by atoms with Gasteiger partial charge in [0, 0.05) is 21.7 Å². The maximum absolute atomic E-state index is 10.2. The molecule has 0 bridgehead atoms. The molecule has 0 saturated carbocycles. The first-order chi connectivity index (χ1) is 8.22. The minimum absolute atomic E-state index is 0.251. The van der Waals surface area contributed by atoms with Crippen LogP contribution in [0.2, 0.25) is 0 Å². The number of ether oxygens (including phenoxy) is 2. The Bertz CT molecular complexity index is 591. The Hall–Kier alpha value is -2.08. The summed E-state index contributed by atoms with van der Waals surface area (Å²) < 4.78 is 11.6. The highest BCUT2D eigenvalue weighted by molar-refractivity contribution is 7.19. The molecule has 0 fully saturated rings. The van der Waals surface area contributed by atoms with Crippen molar-refractivity contribution in [2.24, 2.45) is 0 Å². The van der Waals surface area contributed by atoms with E-state index in [0.29, 0.717) is 0 Å². The summed E-state index contributed by atoms with van der Waals surface area (Å²) in [5, 5.41) is 11.2. The van der Waals surface area contributed by atoms with Crippen molar-refractivity contribution in [2.75, 3.05) is 6.79 Å². The molecule has 0 amide bonds. The second kappa shape index (κ2) is 3.74. The van der Waals surface area contributed by atoms with Crippen LogP contribution in [0, 0.1) is 10.1 Å². The quantitative estimate of drug-likeness (QED) is 0.606. The molecule has 0 spiro atoms. The topological polar surface area (TPSA) is 61.6 Å². The largest absolute Gasteiger partial charge is 0.454 e. The van der Waals surface area contributed by atoms with E-state index in [1.54, 1.807) is 0 Å². The summed E-state index contributed by atoms with van der Waals surface area (Å²) in [5.41, 5.74) is 0. The Kier molecular flexibility index (Phi) is 2.22. The van der Waals surface area contributed by atoms with E-state index in [4.69, 9.17) is 9.47 Å². The Morgan fingerprint density at radius 2 is 2.06 bits per heavy atom. The van der Waals surface area contributed by atoms with E-state index in [-0.39, 0.29) is 6.79 Å². The highest BCUT2D eigenvalue weighted by atomic mass is 32.1. The van der Waals surface area contributed by atoms with E-state index in [1.807, 2.05) is 18.2 Å². The number of nitro groups is 1. The molecule has 2 aromatic rings. The molecule has 6 heteroatoms. The first-order valence-electron chi connectivity index (χ1n) is 4.87. The van der Waals surface area contributed by atoms with Gasteiger partial charge in [-0.2, -0.15) is 0 Å². The van der Waals surface area contributed by atoms with Gasteiger partial charge in [0.2, 0.25) is 13.0 Å². The molecule has 0 aliphatic carbocycles. The molecule has 0 N–H and O–H groups in total. The summed E-state index contributed by atoms with van der Waals surface area (Å²) >= 11 is 1.48. The van der Waals surface area contributed by atoms with Crippen molar-refractivity contribution in [3.63, 3.8) is 0 Å². The lowest BCUT2D eigenvalue weighted by atomic mass is 10.2. The fraction of sp³-hybridized carbons (Fsp3) is 0.0909. The van der Waals surface area contributed by atoms with Gasteiger partial charge in [0.15, 0.2) is 11.5 Å². The van der Waals surface area contributed by atoms with Gasteiger partial charge in [-0.15, -0.1) is 11.3 Å². The molecule has 1 aliphatic heterocycles. The van der Waals surface area contributed by atoms with E-state index >= 15 is 0 Å². The molecule has 0 atom stereocenters. The van der Waals surface area contributed by atoms with Crippen LogP contribution in [-0.2, 0) is 0 Å². The van der Waals surface area contributed by atoms with Crippen LogP contribution < -0.4 is 9.47 Å². The van der Waals surface area contributed by atoms with Gasteiger partial charge >= 0.3 is 0 Å². The Balaban J connectivity index is 2.05. The minimum atomic E-state index is -0.476. The SMILES string of the molecule is O=[N+]([O-])/C=C/c1cc2cc3c(cc2s1)OCO3. The molecule has 3 rings (SSSR count). The maximum Gasteiger partial charge on any atom is 0.235 e. The molecule has 0 radical (unpaired) electrons. The van der Waals surface area contributed by atoms with Gasteiger partial charge in [-0.05, 0) is 17.5 Å². The van der Waals surface area contributed by atoms with Crippen LogP contribution in [0.4, 0.5) is 0 Å². The summed E-state index contributed by atoms with van der Waals surface area (Å²) in [7, 11) is 0. The first-order valence-corrected chi connectivity index (χ1v) is 5.69. The lowest BCUT2D eigenvalue weighted by molar-refractivity contribution is -0.400. The highest BCUT2D eigenvalue weighted by Crippen LogP contribution is 2.39. The first kappa shape index (κ1) is 10.1. The van der Waals surface area contributed by atoms with Crippen LogP contribution in [0.3, 0.4) is 0 Å². The zero-order valence-electron chi connectivity index (χ0n) is 8.58. The Morgan fingerprint density at radius 1 is 1.29 bits per heavy atom. The van der Waals surface area contributed by atoms with Crippen molar-refractivity contribution in [3.05, 3.63) is 39.4 Å². The van der Waals surface area contributed by atoms with Gasteiger partial charge in [-0.3, -0.25) is 10.1 Å². The van der Waals surface area contributed by atoms with E-state index in [2.05, 4.69) is 0 Å². The molecule has 5 nitrogen and oxygen atoms in total. The predicted octanol–water partition coefficient (Wildman–Crippen LogP) is 2.88. The predicted molar refractivity (Wildman–Crippen MR) is 64.0 cm³/mol. The molecule has 17 heavy (non-hydrogen) atoms. The van der Waals surface area contributed by atoms with Crippen LogP contribution in [0.1, 0.15) is 4.88 Å². The van der Waals surface area contributed by atoms with Crippen molar-refractivity contribution in [2.45, 2.75) is 0 Å². The Labute approximate surface area is 100 Å². The smallest absolute Gasteiger partial charge is 0.235 e. The number of rotatable bonds is 2. The molecular weight excluding hydrogens is 242 g/mol. The van der Waals surface area contributed by atoms with E-state index in [1.165, 1.54) is 17.4 Å². The number of fused-ring (bicyclic) bond motifs is 2. The minimum Gasteiger partial charge on any atom is -0.454 e. The van der Waals surface area contributed by atoms with Crippen molar-refractivity contribution in [1.82, 2.24) is 0 Å². The summed E-state index contributed by atoms with van der Waals surface area (Å²) in [6, 6.07) is 5.67. The van der Waals surface area contributed by atoms with Gasteiger partial charge in [0.1, 0.15) is 0 Å². The van der Waals surface area contributed by atoms with Crippen LogP contribution in [0.5, 0.6) is 11.5 Å². The molecule has 1 aromatic heterocycles. The lowest BCUT2D eigenvalue weighted by Crippen LogP contribution is -1.92. The van der Waals surface area contributed by atoms with Crippen LogP contribution in [0.15, 0.2) is 24.4 Å². The average Bonchev–Trinajstić information content (AvgIpc) is 2.87. The van der Waals surface area contributed by atoms with Gasteiger partial charge in [-0.1, -0.05) is 0 Å². The van der Waals surface area contributed by atoms with Gasteiger partial charge in [-0.25, -0.2) is 0 Å². The van der Waals surface area contributed by atoms with Crippen molar-refractivity contribution in [1.29, 1.82) is 0 Å². The molecule has 0 unspecified atom stereocenters. The van der Waals surface area contributed by atoms with Gasteiger partial charge in [0.05, 0.1) is 4.92 Å². The third-order valence-corrected chi connectivity index (χ3v) is 3.45. The van der Waals surface area contributed by atoms with E-state index in [9.17, 15) is 10.1 Å². The third kappa shape index (κ3) is 1.83. The fourth-order valence-corrected chi connectivity index (χ4v) is 2.64. The molecule has 86 valence electrons. The number of thiophene rings is 1. The average molecular weight is 249 g/mol. The van der Waals surface area contributed by atoms with Crippen LogP contribution in [-0.4, -0.2) is 11.7 Å². The zero-order valence-corrected chi connectivity index (χ0v) is 9.40. The van der Waals surface area contributed by atoms with Crippen molar-refractivity contribution in [3.8, 4) is 11.5 Å². The summed E-state index contributed by atoms with van der Waals surface area (Å²) in [5.74, 6) is 1.45. The van der Waals surface area contributed by atoms with Crippen LogP contribution >= 0.6 is 11.3 Å². The van der Waals surface area contributed by atoms with Gasteiger partial charge < -0.3 is 9.47 Å². The zero-order chi connectivity index (χ0) is 11.8. The number of hydrogen-bond acceptors (Lipinski definition) is 5. The summed E-state index contributed by atoms with van der Waals surface area (Å²) in [6.07, 6.45) is 2.42. The normalized spacial score (nSPS) is 13.6. The van der Waals surface area contributed by atoms with Crippen molar-refractivity contribution >= 4 is 27.5 Å². The molecule has 1 aliphatic rings. The summed E-state index contributed by atoms with van der Waals surface area (Å²) in [4.78, 5) is 10.6. The van der Waals surface area contributed by atoms with E-state index in [0.717, 1.165) is 32.7 Å². The van der Waals surface area contributed by atoms with Crippen molar-refractivity contribution < 1.29 is 14.4 Å². The molecule has 0 saturated heterocycles. The number of nitrogens with zero attached hydrogens (tertiary/aromatic N) is 1. The number of hydrogen-bond donors (Lipinski definition) is 0. The van der Waals surface area contributed by atoms with E-state index < -0.39 is 4.92 Å².